The molecule has 0 atom stereocenters. The number of esters is 1. The first-order valence-electron chi connectivity index (χ1n) is 9.41. The first kappa shape index (κ1) is 22.5. The fourth-order valence-corrected chi connectivity index (χ4v) is 4.48. The number of rotatable bonds is 9. The standard InChI is InChI=1S/C21H21ClN2O4S2/c1-13(2)9-10-24-20(27)14-5-3-4-6-15(14)23-21(24)29-12-19(26)28-11-16(25)17-7-8-18(22)30-17/h3-8,13H,9-12H2,1-2H3. The van der Waals surface area contributed by atoms with E-state index < -0.39 is 5.97 Å². The van der Waals surface area contributed by atoms with Crippen LogP contribution in [-0.2, 0) is 16.1 Å². The molecule has 0 spiro atoms. The number of carbonyl (C=O) groups is 2. The Hall–Kier alpha value is -2.16. The van der Waals surface area contributed by atoms with Crippen molar-refractivity contribution in [1.29, 1.82) is 0 Å². The lowest BCUT2D eigenvalue weighted by atomic mass is 10.1. The molecule has 2 heterocycles. The van der Waals surface area contributed by atoms with Gasteiger partial charge in [0.05, 0.1) is 25.9 Å². The quantitative estimate of drug-likeness (QED) is 0.198. The molecule has 0 amide bonds. The van der Waals surface area contributed by atoms with Crippen molar-refractivity contribution in [2.75, 3.05) is 12.4 Å². The van der Waals surface area contributed by atoms with Gasteiger partial charge in [-0.15, -0.1) is 11.3 Å². The highest BCUT2D eigenvalue weighted by atomic mass is 35.5. The first-order valence-corrected chi connectivity index (χ1v) is 11.6. The van der Waals surface area contributed by atoms with E-state index in [-0.39, 0.29) is 23.7 Å². The summed E-state index contributed by atoms with van der Waals surface area (Å²) in [5, 5.41) is 1.01. The van der Waals surface area contributed by atoms with Crippen LogP contribution < -0.4 is 5.56 Å². The van der Waals surface area contributed by atoms with Gasteiger partial charge in [0.1, 0.15) is 0 Å². The number of benzene rings is 1. The van der Waals surface area contributed by atoms with Crippen molar-refractivity contribution in [1.82, 2.24) is 9.55 Å². The average molecular weight is 465 g/mol. The molecule has 0 fully saturated rings. The minimum Gasteiger partial charge on any atom is -0.457 e. The zero-order chi connectivity index (χ0) is 21.7. The van der Waals surface area contributed by atoms with E-state index in [1.165, 1.54) is 0 Å². The number of aromatic nitrogens is 2. The van der Waals surface area contributed by atoms with Crippen LogP contribution in [0.5, 0.6) is 0 Å². The molecule has 2 aromatic heterocycles. The molecule has 0 aliphatic heterocycles. The van der Waals surface area contributed by atoms with E-state index in [1.54, 1.807) is 34.9 Å². The number of hydrogen-bond donors (Lipinski definition) is 0. The Balaban J connectivity index is 1.69. The smallest absolute Gasteiger partial charge is 0.316 e. The highest BCUT2D eigenvalue weighted by molar-refractivity contribution is 7.99. The zero-order valence-corrected chi connectivity index (χ0v) is 19.0. The third-order valence-electron chi connectivity index (χ3n) is 4.29. The normalized spacial score (nSPS) is 11.2. The lowest BCUT2D eigenvalue weighted by Gasteiger charge is -2.14. The van der Waals surface area contributed by atoms with Crippen LogP contribution in [0.1, 0.15) is 29.9 Å². The summed E-state index contributed by atoms with van der Waals surface area (Å²) in [7, 11) is 0. The summed E-state index contributed by atoms with van der Waals surface area (Å²) in [6, 6.07) is 10.4. The second-order valence-electron chi connectivity index (χ2n) is 7.03. The van der Waals surface area contributed by atoms with E-state index >= 15 is 0 Å². The van der Waals surface area contributed by atoms with Gasteiger partial charge in [0.15, 0.2) is 11.8 Å². The van der Waals surface area contributed by atoms with Crippen molar-refractivity contribution in [3.8, 4) is 0 Å². The number of Topliss-reactive ketones (excluding diaryl/α,β-unsaturated/α-hetero) is 1. The van der Waals surface area contributed by atoms with Crippen molar-refractivity contribution in [3.05, 3.63) is 56.0 Å². The molecule has 3 rings (SSSR count). The van der Waals surface area contributed by atoms with Crippen molar-refractivity contribution < 1.29 is 14.3 Å². The van der Waals surface area contributed by atoms with Gasteiger partial charge in [0.2, 0.25) is 5.78 Å². The van der Waals surface area contributed by atoms with Crippen LogP contribution in [0.3, 0.4) is 0 Å². The molecular formula is C21H21ClN2O4S2. The van der Waals surface area contributed by atoms with Gasteiger partial charge < -0.3 is 4.74 Å². The molecule has 9 heteroatoms. The minimum absolute atomic E-state index is 0.0507. The molecule has 158 valence electrons. The Morgan fingerprint density at radius 3 is 2.70 bits per heavy atom. The number of ether oxygens (including phenoxy) is 1. The molecular weight excluding hydrogens is 444 g/mol. The number of thioether (sulfide) groups is 1. The van der Waals surface area contributed by atoms with Gasteiger partial charge in [-0.25, -0.2) is 4.98 Å². The van der Waals surface area contributed by atoms with E-state index in [4.69, 9.17) is 16.3 Å². The summed E-state index contributed by atoms with van der Waals surface area (Å²) in [6.07, 6.45) is 0.815. The molecule has 0 bridgehead atoms. The van der Waals surface area contributed by atoms with Gasteiger partial charge in [-0.3, -0.25) is 19.0 Å². The summed E-state index contributed by atoms with van der Waals surface area (Å²) < 4.78 is 7.20. The fourth-order valence-electron chi connectivity index (χ4n) is 2.69. The van der Waals surface area contributed by atoms with E-state index in [9.17, 15) is 14.4 Å². The molecule has 0 saturated heterocycles. The highest BCUT2D eigenvalue weighted by Crippen LogP contribution is 2.22. The number of para-hydroxylation sites is 1. The van der Waals surface area contributed by atoms with E-state index in [0.717, 1.165) is 29.5 Å². The Kier molecular flexibility index (Phi) is 7.69. The number of halogens is 1. The Bertz CT molecular complexity index is 1120. The molecule has 0 radical (unpaired) electrons. The lowest BCUT2D eigenvalue weighted by molar-refractivity contribution is -0.139. The second-order valence-corrected chi connectivity index (χ2v) is 9.68. The Morgan fingerprint density at radius 2 is 2.00 bits per heavy atom. The number of fused-ring (bicyclic) bond motifs is 1. The maximum Gasteiger partial charge on any atom is 0.316 e. The predicted molar refractivity (Wildman–Crippen MR) is 121 cm³/mol. The SMILES string of the molecule is CC(C)CCn1c(SCC(=O)OCC(=O)c2ccc(Cl)s2)nc2ccccc2c1=O. The molecule has 0 N–H and O–H groups in total. The van der Waals surface area contributed by atoms with Crippen molar-refractivity contribution in [2.45, 2.75) is 32.0 Å². The van der Waals surface area contributed by atoms with Gasteiger partial charge in [0, 0.05) is 6.54 Å². The molecule has 1 aromatic carbocycles. The van der Waals surface area contributed by atoms with Crippen LogP contribution >= 0.6 is 34.7 Å². The van der Waals surface area contributed by atoms with Crippen LogP contribution in [-0.4, -0.2) is 33.7 Å². The summed E-state index contributed by atoms with van der Waals surface area (Å²) in [5.41, 5.74) is 0.464. The van der Waals surface area contributed by atoms with Gasteiger partial charge in [-0.1, -0.05) is 49.3 Å². The third-order valence-corrected chi connectivity index (χ3v) is 6.51. The number of ketones is 1. The summed E-state index contributed by atoms with van der Waals surface area (Å²) >= 11 is 8.10. The van der Waals surface area contributed by atoms with Crippen LogP contribution in [0.4, 0.5) is 0 Å². The molecule has 0 unspecified atom stereocenters. The maximum atomic E-state index is 12.9. The van der Waals surface area contributed by atoms with Gasteiger partial charge in [0.25, 0.3) is 5.56 Å². The number of thiophene rings is 1. The monoisotopic (exact) mass is 464 g/mol. The highest BCUT2D eigenvalue weighted by Gasteiger charge is 2.16. The van der Waals surface area contributed by atoms with Crippen LogP contribution in [0.25, 0.3) is 10.9 Å². The van der Waals surface area contributed by atoms with Crippen LogP contribution in [0.15, 0.2) is 46.3 Å². The van der Waals surface area contributed by atoms with Gasteiger partial charge in [-0.2, -0.15) is 0 Å². The van der Waals surface area contributed by atoms with Gasteiger partial charge >= 0.3 is 5.97 Å². The van der Waals surface area contributed by atoms with Crippen molar-refractivity contribution in [2.24, 2.45) is 5.92 Å². The maximum absolute atomic E-state index is 12.9. The van der Waals surface area contributed by atoms with E-state index in [2.05, 4.69) is 18.8 Å². The average Bonchev–Trinajstić information content (AvgIpc) is 3.16. The Morgan fingerprint density at radius 1 is 1.23 bits per heavy atom. The third kappa shape index (κ3) is 5.71. The number of carbonyl (C=O) groups excluding carboxylic acids is 2. The molecule has 0 aliphatic carbocycles. The van der Waals surface area contributed by atoms with Crippen molar-refractivity contribution >= 4 is 57.4 Å². The van der Waals surface area contributed by atoms with Gasteiger partial charge in [-0.05, 0) is 36.6 Å². The molecule has 0 saturated carbocycles. The summed E-state index contributed by atoms with van der Waals surface area (Å²) in [4.78, 5) is 42.1. The minimum atomic E-state index is -0.547. The molecule has 6 nitrogen and oxygen atoms in total. The first-order chi connectivity index (χ1) is 14.3. The lowest BCUT2D eigenvalue weighted by Crippen LogP contribution is -2.24. The van der Waals surface area contributed by atoms with Crippen molar-refractivity contribution in [3.63, 3.8) is 0 Å². The Labute approximate surface area is 187 Å². The van der Waals surface area contributed by atoms with Crippen LogP contribution in [0.2, 0.25) is 4.34 Å². The second kappa shape index (κ2) is 10.2. The largest absolute Gasteiger partial charge is 0.457 e. The topological polar surface area (TPSA) is 78.3 Å². The van der Waals surface area contributed by atoms with E-state index in [1.807, 2.05) is 6.07 Å². The predicted octanol–water partition coefficient (Wildman–Crippen LogP) is 4.68. The summed E-state index contributed by atoms with van der Waals surface area (Å²) in [5.74, 6) is -0.481. The molecule has 3 aromatic rings. The fraction of sp³-hybridized carbons (Fsp3) is 0.333. The molecule has 30 heavy (non-hydrogen) atoms. The zero-order valence-electron chi connectivity index (χ0n) is 16.6. The molecule has 0 aliphatic rings. The number of hydrogen-bond acceptors (Lipinski definition) is 7. The van der Waals surface area contributed by atoms with E-state index in [0.29, 0.717) is 37.7 Å². The van der Waals surface area contributed by atoms with Crippen LogP contribution in [0, 0.1) is 5.92 Å². The number of nitrogens with zero attached hydrogens (tertiary/aromatic N) is 2. The summed E-state index contributed by atoms with van der Waals surface area (Å²) in [6.45, 7) is 4.34.